The van der Waals surface area contributed by atoms with Crippen LogP contribution in [-0.2, 0) is 0 Å². The highest BCUT2D eigenvalue weighted by atomic mass is 35.5. The largest absolute Gasteiger partial charge is 0.392 e. The van der Waals surface area contributed by atoms with E-state index < -0.39 is 0 Å². The van der Waals surface area contributed by atoms with Crippen LogP contribution in [0.2, 0.25) is 5.02 Å². The Morgan fingerprint density at radius 1 is 1.53 bits per heavy atom. The van der Waals surface area contributed by atoms with E-state index in [9.17, 15) is 4.79 Å². The molecule has 0 aliphatic heterocycles. The molecule has 2 amide bonds. The summed E-state index contributed by atoms with van der Waals surface area (Å²) >= 11 is 10.8. The molecule has 0 spiro atoms. The number of nitrogens with zero attached hydrogens (tertiary/aromatic N) is 1. The fourth-order valence-electron chi connectivity index (χ4n) is 1.13. The maximum atomic E-state index is 11.9. The summed E-state index contributed by atoms with van der Waals surface area (Å²) in [6.45, 7) is 1.76. The van der Waals surface area contributed by atoms with Gasteiger partial charge in [0.15, 0.2) is 0 Å². The van der Waals surface area contributed by atoms with E-state index in [1.54, 1.807) is 38.2 Å². The first-order valence-electron chi connectivity index (χ1n) is 5.01. The van der Waals surface area contributed by atoms with Gasteiger partial charge in [0, 0.05) is 7.05 Å². The summed E-state index contributed by atoms with van der Waals surface area (Å²) in [5.74, 6) is 0. The van der Waals surface area contributed by atoms with Gasteiger partial charge in [0.05, 0.1) is 21.7 Å². The SMILES string of the molecule is CC(C(N)=S)N(C)C(=O)Nc1ccccc1Cl. The lowest BCUT2D eigenvalue weighted by molar-refractivity contribution is 0.218. The Bertz CT molecular complexity index is 438. The van der Waals surface area contributed by atoms with E-state index in [4.69, 9.17) is 29.6 Å². The number of carbonyl (C=O) groups excluding carboxylic acids is 1. The second-order valence-corrected chi connectivity index (χ2v) is 4.48. The second kappa shape index (κ2) is 5.84. The molecular formula is C11H14ClN3OS. The van der Waals surface area contributed by atoms with Gasteiger partial charge in [0.25, 0.3) is 0 Å². The van der Waals surface area contributed by atoms with Crippen LogP contribution in [0.4, 0.5) is 10.5 Å². The molecule has 3 N–H and O–H groups in total. The highest BCUT2D eigenvalue weighted by Gasteiger charge is 2.18. The number of halogens is 1. The van der Waals surface area contributed by atoms with Gasteiger partial charge in [-0.15, -0.1) is 0 Å². The lowest BCUT2D eigenvalue weighted by Gasteiger charge is -2.24. The highest BCUT2D eigenvalue weighted by molar-refractivity contribution is 7.80. The minimum atomic E-state index is -0.313. The molecule has 0 aliphatic carbocycles. The minimum absolute atomic E-state index is 0.266. The van der Waals surface area contributed by atoms with Gasteiger partial charge >= 0.3 is 6.03 Å². The number of likely N-dealkylation sites (N-methyl/N-ethyl adjacent to an activating group) is 1. The van der Waals surface area contributed by atoms with E-state index in [1.807, 2.05) is 0 Å². The van der Waals surface area contributed by atoms with Crippen LogP contribution in [0.25, 0.3) is 0 Å². The molecular weight excluding hydrogens is 258 g/mol. The summed E-state index contributed by atoms with van der Waals surface area (Å²) in [4.78, 5) is 13.5. The molecule has 1 atom stereocenters. The van der Waals surface area contributed by atoms with Crippen molar-refractivity contribution in [2.24, 2.45) is 5.73 Å². The van der Waals surface area contributed by atoms with Crippen LogP contribution in [0.1, 0.15) is 6.92 Å². The predicted octanol–water partition coefficient (Wildman–Crippen LogP) is 2.48. The van der Waals surface area contributed by atoms with Gasteiger partial charge in [-0.05, 0) is 19.1 Å². The van der Waals surface area contributed by atoms with Crippen molar-refractivity contribution in [1.29, 1.82) is 0 Å². The normalized spacial score (nSPS) is 11.7. The average Bonchev–Trinajstić information content (AvgIpc) is 2.30. The van der Waals surface area contributed by atoms with E-state index in [0.717, 1.165) is 0 Å². The molecule has 0 fully saturated rings. The Morgan fingerprint density at radius 2 is 2.12 bits per heavy atom. The summed E-state index contributed by atoms with van der Waals surface area (Å²) in [5, 5.41) is 3.17. The van der Waals surface area contributed by atoms with E-state index in [0.29, 0.717) is 10.7 Å². The number of hydrogen-bond donors (Lipinski definition) is 2. The lowest BCUT2D eigenvalue weighted by Crippen LogP contribution is -2.44. The van der Waals surface area contributed by atoms with Crippen LogP contribution in [0.5, 0.6) is 0 Å². The van der Waals surface area contributed by atoms with Gasteiger partial charge in [0.2, 0.25) is 0 Å². The molecule has 0 radical (unpaired) electrons. The van der Waals surface area contributed by atoms with Gasteiger partial charge in [-0.2, -0.15) is 0 Å². The molecule has 17 heavy (non-hydrogen) atoms. The molecule has 1 aromatic carbocycles. The summed E-state index contributed by atoms with van der Waals surface area (Å²) in [6.07, 6.45) is 0. The van der Waals surface area contributed by atoms with Crippen LogP contribution in [0, 0.1) is 0 Å². The summed E-state index contributed by atoms with van der Waals surface area (Å²) < 4.78 is 0. The number of anilines is 1. The smallest absolute Gasteiger partial charge is 0.322 e. The lowest BCUT2D eigenvalue weighted by atomic mass is 10.3. The fourth-order valence-corrected chi connectivity index (χ4v) is 1.47. The van der Waals surface area contributed by atoms with Gasteiger partial charge in [-0.1, -0.05) is 36.0 Å². The minimum Gasteiger partial charge on any atom is -0.392 e. The van der Waals surface area contributed by atoms with Crippen molar-refractivity contribution >= 4 is 40.5 Å². The molecule has 4 nitrogen and oxygen atoms in total. The Morgan fingerprint density at radius 3 is 2.65 bits per heavy atom. The standard InChI is InChI=1S/C11H14ClN3OS/c1-7(10(13)17)15(2)11(16)14-9-6-4-3-5-8(9)12/h3-7H,1-2H3,(H2,13,17)(H,14,16). The monoisotopic (exact) mass is 271 g/mol. The summed E-state index contributed by atoms with van der Waals surface area (Å²) in [6, 6.07) is 6.39. The molecule has 0 saturated heterocycles. The molecule has 1 rings (SSSR count). The zero-order valence-corrected chi connectivity index (χ0v) is 11.2. The molecule has 1 unspecified atom stereocenters. The van der Waals surface area contributed by atoms with E-state index in [-0.39, 0.29) is 17.1 Å². The van der Waals surface area contributed by atoms with E-state index in [1.165, 1.54) is 4.90 Å². The third kappa shape index (κ3) is 3.57. The Kier molecular flexibility index (Phi) is 4.72. The highest BCUT2D eigenvalue weighted by Crippen LogP contribution is 2.20. The number of urea groups is 1. The van der Waals surface area contributed by atoms with Crippen LogP contribution in [-0.4, -0.2) is 29.0 Å². The zero-order chi connectivity index (χ0) is 13.0. The maximum absolute atomic E-state index is 11.9. The summed E-state index contributed by atoms with van der Waals surface area (Å²) in [7, 11) is 1.62. The first-order valence-corrected chi connectivity index (χ1v) is 5.79. The van der Waals surface area contributed by atoms with Crippen LogP contribution < -0.4 is 11.1 Å². The van der Waals surface area contributed by atoms with Gasteiger partial charge in [-0.25, -0.2) is 4.79 Å². The first-order chi connectivity index (χ1) is 7.93. The number of nitrogens with one attached hydrogen (secondary N) is 1. The molecule has 0 heterocycles. The van der Waals surface area contributed by atoms with Gasteiger partial charge in [0.1, 0.15) is 0 Å². The number of benzene rings is 1. The first kappa shape index (κ1) is 13.7. The molecule has 0 bridgehead atoms. The van der Waals surface area contributed by atoms with E-state index in [2.05, 4.69) is 5.32 Å². The van der Waals surface area contributed by atoms with Crippen molar-refractivity contribution < 1.29 is 4.79 Å². The fraction of sp³-hybridized carbons (Fsp3) is 0.273. The van der Waals surface area contributed by atoms with Crippen molar-refractivity contribution in [3.63, 3.8) is 0 Å². The van der Waals surface area contributed by atoms with Crippen molar-refractivity contribution in [2.75, 3.05) is 12.4 Å². The Labute approximate surface area is 111 Å². The molecule has 6 heteroatoms. The number of rotatable bonds is 3. The maximum Gasteiger partial charge on any atom is 0.322 e. The van der Waals surface area contributed by atoms with Crippen molar-refractivity contribution in [2.45, 2.75) is 13.0 Å². The van der Waals surface area contributed by atoms with Crippen LogP contribution in [0.3, 0.4) is 0 Å². The molecule has 0 aromatic heterocycles. The van der Waals surface area contributed by atoms with Gasteiger partial charge in [-0.3, -0.25) is 0 Å². The average molecular weight is 272 g/mol. The number of amides is 2. The number of thiocarbonyl (C=S) groups is 1. The molecule has 92 valence electrons. The quantitative estimate of drug-likeness (QED) is 0.831. The topological polar surface area (TPSA) is 58.4 Å². The molecule has 0 aliphatic rings. The number of hydrogen-bond acceptors (Lipinski definition) is 2. The van der Waals surface area contributed by atoms with Crippen molar-refractivity contribution in [3.05, 3.63) is 29.3 Å². The van der Waals surface area contributed by atoms with Crippen molar-refractivity contribution in [3.8, 4) is 0 Å². The zero-order valence-electron chi connectivity index (χ0n) is 9.61. The number of nitrogens with two attached hydrogens (primary N) is 1. The molecule has 1 aromatic rings. The van der Waals surface area contributed by atoms with E-state index >= 15 is 0 Å². The Hall–Kier alpha value is -1.33. The van der Waals surface area contributed by atoms with Gasteiger partial charge < -0.3 is 16.0 Å². The number of para-hydroxylation sites is 1. The number of carbonyl (C=O) groups is 1. The second-order valence-electron chi connectivity index (χ2n) is 3.60. The van der Waals surface area contributed by atoms with Crippen LogP contribution >= 0.6 is 23.8 Å². The Balaban J connectivity index is 2.73. The van der Waals surface area contributed by atoms with Crippen LogP contribution in [0.15, 0.2) is 24.3 Å². The molecule has 0 saturated carbocycles. The third-order valence-electron chi connectivity index (χ3n) is 2.43. The summed E-state index contributed by atoms with van der Waals surface area (Å²) in [5.41, 5.74) is 6.04. The van der Waals surface area contributed by atoms with Crippen molar-refractivity contribution in [1.82, 2.24) is 4.90 Å². The third-order valence-corrected chi connectivity index (χ3v) is 3.10. The predicted molar refractivity (Wildman–Crippen MR) is 74.5 cm³/mol.